The Hall–Kier alpha value is -3.34. The van der Waals surface area contributed by atoms with E-state index in [9.17, 15) is 9.59 Å². The topological polar surface area (TPSA) is 62.6 Å². The quantitative estimate of drug-likeness (QED) is 0.751. The fourth-order valence-corrected chi connectivity index (χ4v) is 3.62. The highest BCUT2D eigenvalue weighted by molar-refractivity contribution is 6.01. The Kier molecular flexibility index (Phi) is 4.74. The molecule has 1 aliphatic rings. The Bertz CT molecular complexity index is 1020. The van der Waals surface area contributed by atoms with E-state index in [4.69, 9.17) is 4.42 Å². The van der Waals surface area contributed by atoms with Crippen LogP contribution in [0.15, 0.2) is 65.3 Å². The fourth-order valence-electron chi connectivity index (χ4n) is 3.62. The molecule has 28 heavy (non-hydrogen) atoms. The second-order valence-corrected chi connectivity index (χ2v) is 7.14. The van der Waals surface area contributed by atoms with Gasteiger partial charge in [-0.1, -0.05) is 36.4 Å². The number of hydrogen-bond donors (Lipinski definition) is 1. The van der Waals surface area contributed by atoms with Crippen molar-refractivity contribution in [2.45, 2.75) is 32.9 Å². The van der Waals surface area contributed by atoms with Gasteiger partial charge in [0.2, 0.25) is 5.91 Å². The molecule has 0 spiro atoms. The van der Waals surface area contributed by atoms with Gasteiger partial charge in [0, 0.05) is 18.7 Å². The Labute approximate surface area is 164 Å². The van der Waals surface area contributed by atoms with Crippen LogP contribution in [0.5, 0.6) is 0 Å². The molecule has 1 atom stereocenters. The summed E-state index contributed by atoms with van der Waals surface area (Å²) in [4.78, 5) is 27.8. The van der Waals surface area contributed by atoms with Crippen LogP contribution in [0.3, 0.4) is 0 Å². The highest BCUT2D eigenvalue weighted by Crippen LogP contribution is 2.27. The normalized spacial score (nSPS) is 15.8. The van der Waals surface area contributed by atoms with Crippen molar-refractivity contribution in [1.29, 1.82) is 0 Å². The fraction of sp³-hybridized carbons (Fsp3) is 0.217. The molecule has 0 saturated carbocycles. The summed E-state index contributed by atoms with van der Waals surface area (Å²) in [6.07, 6.45) is 1.94. The molecule has 2 amide bonds. The van der Waals surface area contributed by atoms with Gasteiger partial charge in [-0.25, -0.2) is 0 Å². The van der Waals surface area contributed by atoms with Gasteiger partial charge in [-0.05, 0) is 54.3 Å². The molecular weight excluding hydrogens is 352 g/mol. The Morgan fingerprint density at radius 1 is 1.00 bits per heavy atom. The lowest BCUT2D eigenvalue weighted by atomic mass is 9.93. The van der Waals surface area contributed by atoms with E-state index in [0.29, 0.717) is 13.0 Å². The van der Waals surface area contributed by atoms with Crippen LogP contribution in [0.1, 0.15) is 32.8 Å². The van der Waals surface area contributed by atoms with E-state index >= 15 is 0 Å². The van der Waals surface area contributed by atoms with Gasteiger partial charge in [0.25, 0.3) is 5.91 Å². The minimum absolute atomic E-state index is 0.192. The SMILES string of the molecule is Cc1cccc(NC(=O)C2Cc3ccccc3CN2C(=O)c2ccco2)c1C. The van der Waals surface area contributed by atoms with E-state index in [0.717, 1.165) is 27.9 Å². The first-order chi connectivity index (χ1) is 13.5. The monoisotopic (exact) mass is 374 g/mol. The van der Waals surface area contributed by atoms with Gasteiger partial charge in [0.15, 0.2) is 5.76 Å². The van der Waals surface area contributed by atoms with Crippen LogP contribution in [-0.4, -0.2) is 22.8 Å². The first kappa shape index (κ1) is 18.0. The molecule has 1 N–H and O–H groups in total. The van der Waals surface area contributed by atoms with Crippen molar-refractivity contribution < 1.29 is 14.0 Å². The number of aryl methyl sites for hydroxylation is 1. The van der Waals surface area contributed by atoms with Crippen LogP contribution >= 0.6 is 0 Å². The lowest BCUT2D eigenvalue weighted by Gasteiger charge is -2.35. The predicted octanol–water partition coefficient (Wildman–Crippen LogP) is 4.10. The minimum atomic E-state index is -0.604. The summed E-state index contributed by atoms with van der Waals surface area (Å²) in [6.45, 7) is 4.36. The van der Waals surface area contributed by atoms with Gasteiger partial charge in [0.1, 0.15) is 6.04 Å². The summed E-state index contributed by atoms with van der Waals surface area (Å²) in [5.74, 6) is -0.229. The van der Waals surface area contributed by atoms with Gasteiger partial charge >= 0.3 is 0 Å². The largest absolute Gasteiger partial charge is 0.459 e. The van der Waals surface area contributed by atoms with Crippen molar-refractivity contribution in [3.05, 3.63) is 88.9 Å². The molecule has 0 radical (unpaired) electrons. The highest BCUT2D eigenvalue weighted by Gasteiger charge is 2.36. The van der Waals surface area contributed by atoms with E-state index in [1.165, 1.54) is 6.26 Å². The van der Waals surface area contributed by atoms with Crippen LogP contribution in [0.2, 0.25) is 0 Å². The number of carbonyl (C=O) groups is 2. The van der Waals surface area contributed by atoms with Gasteiger partial charge in [0.05, 0.1) is 6.26 Å². The van der Waals surface area contributed by atoms with Crippen molar-refractivity contribution >= 4 is 17.5 Å². The number of furan rings is 1. The van der Waals surface area contributed by atoms with Crippen LogP contribution in [-0.2, 0) is 17.8 Å². The zero-order valence-electron chi connectivity index (χ0n) is 15.9. The minimum Gasteiger partial charge on any atom is -0.459 e. The second kappa shape index (κ2) is 7.35. The van der Waals surface area contributed by atoms with Crippen LogP contribution < -0.4 is 5.32 Å². The molecule has 2 heterocycles. The maximum absolute atomic E-state index is 13.2. The number of nitrogens with one attached hydrogen (secondary N) is 1. The Balaban J connectivity index is 1.66. The summed E-state index contributed by atoms with van der Waals surface area (Å²) in [6, 6.07) is 16.4. The average Bonchev–Trinajstić information content (AvgIpc) is 3.24. The molecular formula is C23H22N2O3. The maximum atomic E-state index is 13.2. The third-order valence-electron chi connectivity index (χ3n) is 5.41. The zero-order chi connectivity index (χ0) is 19.7. The van der Waals surface area contributed by atoms with E-state index in [1.807, 2.05) is 56.3 Å². The third-order valence-corrected chi connectivity index (χ3v) is 5.41. The molecule has 3 aromatic rings. The molecule has 5 heteroatoms. The number of benzene rings is 2. The lowest BCUT2D eigenvalue weighted by molar-refractivity contribution is -0.121. The molecule has 0 aliphatic carbocycles. The van der Waals surface area contributed by atoms with E-state index in [2.05, 4.69) is 5.32 Å². The summed E-state index contributed by atoms with van der Waals surface area (Å²) >= 11 is 0. The molecule has 0 saturated heterocycles. The number of rotatable bonds is 3. The van der Waals surface area contributed by atoms with Crippen molar-refractivity contribution in [2.75, 3.05) is 5.32 Å². The molecule has 5 nitrogen and oxygen atoms in total. The molecule has 1 aliphatic heterocycles. The molecule has 4 rings (SSSR count). The van der Waals surface area contributed by atoms with E-state index < -0.39 is 6.04 Å². The molecule has 0 fully saturated rings. The van der Waals surface area contributed by atoms with Crippen LogP contribution in [0.4, 0.5) is 5.69 Å². The number of hydrogen-bond acceptors (Lipinski definition) is 3. The Morgan fingerprint density at radius 3 is 2.54 bits per heavy atom. The van der Waals surface area contributed by atoms with E-state index in [1.54, 1.807) is 17.0 Å². The highest BCUT2D eigenvalue weighted by atomic mass is 16.3. The summed E-state index contributed by atoms with van der Waals surface area (Å²) in [7, 11) is 0. The molecule has 1 aromatic heterocycles. The van der Waals surface area contributed by atoms with E-state index in [-0.39, 0.29) is 17.6 Å². The first-order valence-electron chi connectivity index (χ1n) is 9.33. The van der Waals surface area contributed by atoms with Gasteiger partial charge in [-0.15, -0.1) is 0 Å². The summed E-state index contributed by atoms with van der Waals surface area (Å²) < 4.78 is 5.29. The standard InChI is InChI=1S/C23H22N2O3/c1-15-7-5-10-19(16(15)2)24-22(26)20-13-17-8-3-4-9-18(17)14-25(20)23(27)21-11-6-12-28-21/h3-12,20H,13-14H2,1-2H3,(H,24,26). The lowest BCUT2D eigenvalue weighted by Crippen LogP contribution is -2.50. The number of nitrogens with zero attached hydrogens (tertiary/aromatic N) is 1. The molecule has 1 unspecified atom stereocenters. The number of carbonyl (C=O) groups excluding carboxylic acids is 2. The van der Waals surface area contributed by atoms with Gasteiger partial charge in [-0.3, -0.25) is 9.59 Å². The Morgan fingerprint density at radius 2 is 1.79 bits per heavy atom. The molecule has 142 valence electrons. The predicted molar refractivity (Wildman–Crippen MR) is 107 cm³/mol. The third kappa shape index (κ3) is 3.31. The van der Waals surface area contributed by atoms with Crippen molar-refractivity contribution in [3.63, 3.8) is 0 Å². The average molecular weight is 374 g/mol. The smallest absolute Gasteiger partial charge is 0.290 e. The second-order valence-electron chi connectivity index (χ2n) is 7.14. The van der Waals surface area contributed by atoms with Crippen molar-refractivity contribution in [1.82, 2.24) is 4.90 Å². The van der Waals surface area contributed by atoms with Crippen LogP contribution in [0, 0.1) is 13.8 Å². The van der Waals surface area contributed by atoms with Crippen LogP contribution in [0.25, 0.3) is 0 Å². The van der Waals surface area contributed by atoms with Gasteiger partial charge in [-0.2, -0.15) is 0 Å². The number of amides is 2. The number of anilines is 1. The zero-order valence-corrected chi connectivity index (χ0v) is 15.9. The van der Waals surface area contributed by atoms with Gasteiger partial charge < -0.3 is 14.6 Å². The van der Waals surface area contributed by atoms with Crippen molar-refractivity contribution in [2.24, 2.45) is 0 Å². The first-order valence-corrected chi connectivity index (χ1v) is 9.33. The molecule has 2 aromatic carbocycles. The maximum Gasteiger partial charge on any atom is 0.290 e. The summed E-state index contributed by atoms with van der Waals surface area (Å²) in [5, 5.41) is 3.02. The van der Waals surface area contributed by atoms with Crippen molar-refractivity contribution in [3.8, 4) is 0 Å². The summed E-state index contributed by atoms with van der Waals surface area (Å²) in [5.41, 5.74) is 5.05. The number of fused-ring (bicyclic) bond motifs is 1. The molecule has 0 bridgehead atoms.